The van der Waals surface area contributed by atoms with Crippen molar-refractivity contribution in [1.29, 1.82) is 0 Å². The summed E-state index contributed by atoms with van der Waals surface area (Å²) in [7, 11) is 0. The average molecular weight is 352 g/mol. The molecule has 0 aliphatic rings. The fourth-order valence-corrected chi connectivity index (χ4v) is 2.90. The maximum atomic E-state index is 5.79. The molecule has 5 nitrogen and oxygen atoms in total. The van der Waals surface area contributed by atoms with Crippen molar-refractivity contribution in [3.63, 3.8) is 0 Å². The summed E-state index contributed by atoms with van der Waals surface area (Å²) in [4.78, 5) is 0.912. The highest BCUT2D eigenvalue weighted by molar-refractivity contribution is 9.11. The van der Waals surface area contributed by atoms with Crippen LogP contribution in [0.1, 0.15) is 5.89 Å². The number of benzene rings is 1. The molecule has 0 saturated carbocycles. The maximum Gasteiger partial charge on any atom is 0.257 e. The van der Waals surface area contributed by atoms with Gasteiger partial charge in [0, 0.05) is 0 Å². The van der Waals surface area contributed by atoms with E-state index in [4.69, 9.17) is 14.9 Å². The fraction of sp³-hybridized carbons (Fsp3) is 0.0769. The second-order valence-electron chi connectivity index (χ2n) is 3.93. The number of halogens is 1. The van der Waals surface area contributed by atoms with Gasteiger partial charge in [-0.05, 0) is 40.2 Å². The molecule has 0 fully saturated rings. The highest BCUT2D eigenvalue weighted by atomic mass is 79.9. The van der Waals surface area contributed by atoms with Gasteiger partial charge in [-0.25, -0.2) is 0 Å². The first-order valence-corrected chi connectivity index (χ1v) is 7.39. The van der Waals surface area contributed by atoms with Crippen LogP contribution in [0.5, 0.6) is 5.75 Å². The van der Waals surface area contributed by atoms with Crippen LogP contribution in [-0.2, 0) is 6.61 Å². The van der Waals surface area contributed by atoms with Crippen molar-refractivity contribution >= 4 is 33.0 Å². The number of hydrogen-bond donors (Lipinski definition) is 1. The summed E-state index contributed by atoms with van der Waals surface area (Å²) in [5, 5.41) is 7.95. The normalized spacial score (nSPS) is 10.7. The Morgan fingerprint density at radius 1 is 1.20 bits per heavy atom. The SMILES string of the molecule is Nc1ccccc1OCc1nnc(-c2ccc(Br)s2)o1. The summed E-state index contributed by atoms with van der Waals surface area (Å²) in [6.07, 6.45) is 0. The molecule has 0 saturated heterocycles. The van der Waals surface area contributed by atoms with Gasteiger partial charge >= 0.3 is 0 Å². The van der Waals surface area contributed by atoms with E-state index in [1.54, 1.807) is 12.1 Å². The quantitative estimate of drug-likeness (QED) is 0.725. The van der Waals surface area contributed by atoms with E-state index in [1.807, 2.05) is 24.3 Å². The number of thiophene rings is 1. The molecule has 3 rings (SSSR count). The number of nitrogens with zero attached hydrogens (tertiary/aromatic N) is 2. The van der Waals surface area contributed by atoms with Crippen molar-refractivity contribution in [3.05, 3.63) is 46.1 Å². The lowest BCUT2D eigenvalue weighted by Gasteiger charge is -2.05. The van der Waals surface area contributed by atoms with Crippen LogP contribution in [-0.4, -0.2) is 10.2 Å². The van der Waals surface area contributed by atoms with E-state index in [-0.39, 0.29) is 6.61 Å². The topological polar surface area (TPSA) is 74.2 Å². The maximum absolute atomic E-state index is 5.79. The zero-order valence-corrected chi connectivity index (χ0v) is 12.6. The van der Waals surface area contributed by atoms with E-state index in [0.29, 0.717) is 23.2 Å². The van der Waals surface area contributed by atoms with Gasteiger partial charge in [0.05, 0.1) is 14.4 Å². The minimum Gasteiger partial charge on any atom is -0.482 e. The highest BCUT2D eigenvalue weighted by Gasteiger charge is 2.11. The second-order valence-corrected chi connectivity index (χ2v) is 6.39. The minimum absolute atomic E-state index is 0.188. The molecular weight excluding hydrogens is 342 g/mol. The smallest absolute Gasteiger partial charge is 0.257 e. The van der Waals surface area contributed by atoms with Crippen LogP contribution in [0.25, 0.3) is 10.8 Å². The Balaban J connectivity index is 1.70. The Hall–Kier alpha value is -1.86. The van der Waals surface area contributed by atoms with Crippen LogP contribution >= 0.6 is 27.3 Å². The Morgan fingerprint density at radius 2 is 2.05 bits per heavy atom. The number of aromatic nitrogens is 2. The molecule has 0 bridgehead atoms. The summed E-state index contributed by atoms with van der Waals surface area (Å²) in [6, 6.07) is 11.1. The summed E-state index contributed by atoms with van der Waals surface area (Å²) in [5.41, 5.74) is 6.37. The van der Waals surface area contributed by atoms with Gasteiger partial charge in [-0.2, -0.15) is 0 Å². The largest absolute Gasteiger partial charge is 0.482 e. The van der Waals surface area contributed by atoms with Crippen molar-refractivity contribution in [1.82, 2.24) is 10.2 Å². The first kappa shape index (κ1) is 13.1. The van der Waals surface area contributed by atoms with Gasteiger partial charge in [0.2, 0.25) is 0 Å². The Bertz CT molecular complexity index is 726. The van der Waals surface area contributed by atoms with Crippen LogP contribution in [0.4, 0.5) is 5.69 Å². The predicted molar refractivity (Wildman–Crippen MR) is 80.5 cm³/mol. The van der Waals surface area contributed by atoms with E-state index in [2.05, 4.69) is 26.1 Å². The zero-order chi connectivity index (χ0) is 13.9. The molecule has 0 spiro atoms. The van der Waals surface area contributed by atoms with Crippen LogP contribution in [0, 0.1) is 0 Å². The van der Waals surface area contributed by atoms with Crippen molar-refractivity contribution in [2.75, 3.05) is 5.73 Å². The molecule has 0 atom stereocenters. The average Bonchev–Trinajstić information content (AvgIpc) is 3.06. The van der Waals surface area contributed by atoms with Gasteiger partial charge in [-0.3, -0.25) is 0 Å². The van der Waals surface area contributed by atoms with Crippen LogP contribution < -0.4 is 10.5 Å². The third-order valence-corrected chi connectivity index (χ3v) is 4.13. The number of nitrogens with two attached hydrogens (primary N) is 1. The monoisotopic (exact) mass is 351 g/mol. The van der Waals surface area contributed by atoms with Crippen LogP contribution in [0.3, 0.4) is 0 Å². The third-order valence-electron chi connectivity index (χ3n) is 2.52. The lowest BCUT2D eigenvalue weighted by atomic mass is 10.3. The predicted octanol–water partition coefficient (Wildman–Crippen LogP) is 3.72. The summed E-state index contributed by atoms with van der Waals surface area (Å²) < 4.78 is 12.1. The lowest BCUT2D eigenvalue weighted by molar-refractivity contribution is 0.266. The number of para-hydroxylation sites is 2. The van der Waals surface area contributed by atoms with Gasteiger partial charge in [0.1, 0.15) is 5.75 Å². The number of nitrogen functional groups attached to an aromatic ring is 1. The van der Waals surface area contributed by atoms with Gasteiger partial charge in [-0.15, -0.1) is 21.5 Å². The van der Waals surface area contributed by atoms with E-state index < -0.39 is 0 Å². The molecule has 102 valence electrons. The van der Waals surface area contributed by atoms with Crippen molar-refractivity contribution in [2.24, 2.45) is 0 Å². The summed E-state index contributed by atoms with van der Waals surface area (Å²) >= 11 is 4.93. The van der Waals surface area contributed by atoms with Crippen LogP contribution in [0.15, 0.2) is 44.6 Å². The molecule has 0 unspecified atom stereocenters. The molecular formula is C13H10BrN3O2S. The van der Waals surface area contributed by atoms with Gasteiger partial charge < -0.3 is 14.9 Å². The molecule has 0 aliphatic heterocycles. The molecule has 2 N–H and O–H groups in total. The van der Waals surface area contributed by atoms with E-state index in [0.717, 1.165) is 8.66 Å². The zero-order valence-electron chi connectivity index (χ0n) is 10.2. The van der Waals surface area contributed by atoms with Crippen LogP contribution in [0.2, 0.25) is 0 Å². The molecule has 0 aliphatic carbocycles. The Labute approximate surface area is 127 Å². The third kappa shape index (κ3) is 2.83. The van der Waals surface area contributed by atoms with E-state index >= 15 is 0 Å². The van der Waals surface area contributed by atoms with Crippen molar-refractivity contribution < 1.29 is 9.15 Å². The summed E-state index contributed by atoms with van der Waals surface area (Å²) in [5.74, 6) is 1.50. The van der Waals surface area contributed by atoms with Crippen molar-refractivity contribution in [3.8, 4) is 16.5 Å². The number of hydrogen-bond acceptors (Lipinski definition) is 6. The standard InChI is InChI=1S/C13H10BrN3O2S/c14-11-6-5-10(20-11)13-17-16-12(19-13)7-18-9-4-2-1-3-8(9)15/h1-6H,7,15H2. The summed E-state index contributed by atoms with van der Waals surface area (Å²) in [6.45, 7) is 0.188. The minimum atomic E-state index is 0.188. The second kappa shape index (κ2) is 5.64. The Morgan fingerprint density at radius 3 is 2.80 bits per heavy atom. The van der Waals surface area contributed by atoms with Gasteiger partial charge in [0.15, 0.2) is 6.61 Å². The van der Waals surface area contributed by atoms with E-state index in [1.165, 1.54) is 11.3 Å². The van der Waals surface area contributed by atoms with Gasteiger partial charge in [-0.1, -0.05) is 12.1 Å². The molecule has 20 heavy (non-hydrogen) atoms. The van der Waals surface area contributed by atoms with Crippen molar-refractivity contribution in [2.45, 2.75) is 6.61 Å². The van der Waals surface area contributed by atoms with Gasteiger partial charge in [0.25, 0.3) is 11.8 Å². The fourth-order valence-electron chi connectivity index (χ4n) is 1.59. The highest BCUT2D eigenvalue weighted by Crippen LogP contribution is 2.30. The number of rotatable bonds is 4. The Kier molecular flexibility index (Phi) is 3.70. The first-order chi connectivity index (χ1) is 9.72. The molecule has 1 aromatic carbocycles. The molecule has 2 aromatic heterocycles. The molecule has 2 heterocycles. The first-order valence-electron chi connectivity index (χ1n) is 5.78. The molecule has 0 radical (unpaired) electrons. The molecule has 3 aromatic rings. The number of ether oxygens (including phenoxy) is 1. The lowest BCUT2D eigenvalue weighted by Crippen LogP contribution is -1.98. The molecule has 7 heteroatoms. The number of anilines is 1. The molecule has 0 amide bonds. The van der Waals surface area contributed by atoms with E-state index in [9.17, 15) is 0 Å².